The number of rotatable bonds is 7. The Morgan fingerprint density at radius 3 is 2.12 bits per heavy atom. The van der Waals surface area contributed by atoms with E-state index < -0.39 is 41.0 Å². The van der Waals surface area contributed by atoms with Crippen LogP contribution in [0.5, 0.6) is 0 Å². The highest BCUT2D eigenvalue weighted by Crippen LogP contribution is 2.43. The van der Waals surface area contributed by atoms with Gasteiger partial charge in [-0.05, 0) is 90.8 Å². The average Bonchev–Trinajstić information content (AvgIpc) is 3.68. The third-order valence-electron chi connectivity index (χ3n) is 11.9. The fourth-order valence-corrected chi connectivity index (χ4v) is 8.37. The van der Waals surface area contributed by atoms with Crippen LogP contribution in [0.1, 0.15) is 92.1 Å². The van der Waals surface area contributed by atoms with E-state index in [1.54, 1.807) is 18.7 Å². The zero-order valence-corrected chi connectivity index (χ0v) is 31.0. The summed E-state index contributed by atoms with van der Waals surface area (Å²) in [5, 5.41) is 10.3. The first-order chi connectivity index (χ1) is 22.8. The number of likely N-dealkylation sites (tertiary alicyclic amines) is 2. The van der Waals surface area contributed by atoms with E-state index in [9.17, 15) is 23.9 Å². The van der Waals surface area contributed by atoms with Crippen molar-refractivity contribution in [1.29, 1.82) is 0 Å². The van der Waals surface area contributed by atoms with Crippen LogP contribution in [-0.2, 0) is 14.4 Å². The molecule has 11 heteroatoms. The van der Waals surface area contributed by atoms with Gasteiger partial charge in [0.2, 0.25) is 17.7 Å². The molecule has 3 aliphatic heterocycles. The van der Waals surface area contributed by atoms with Crippen molar-refractivity contribution in [2.24, 2.45) is 16.7 Å². The number of aliphatic hydroxyl groups excluding tert-OH is 1. The second-order valence-corrected chi connectivity index (χ2v) is 17.6. The second kappa shape index (κ2) is 14.2. The molecule has 0 spiro atoms. The van der Waals surface area contributed by atoms with Gasteiger partial charge in [-0.15, -0.1) is 0 Å². The van der Waals surface area contributed by atoms with Crippen LogP contribution in [0.3, 0.4) is 0 Å². The van der Waals surface area contributed by atoms with Gasteiger partial charge in [-0.25, -0.2) is 8.78 Å². The summed E-state index contributed by atoms with van der Waals surface area (Å²) in [6.45, 7) is 17.4. The Balaban J connectivity index is 1.52. The minimum absolute atomic E-state index is 0.0605. The largest absolute Gasteiger partial charge is 0.395 e. The number of hydrogen-bond donors (Lipinski definition) is 1. The predicted molar refractivity (Wildman–Crippen MR) is 186 cm³/mol. The highest BCUT2D eigenvalue weighted by atomic mass is 19.1. The molecule has 274 valence electrons. The van der Waals surface area contributed by atoms with E-state index in [1.807, 2.05) is 16.8 Å². The van der Waals surface area contributed by atoms with E-state index in [-0.39, 0.29) is 47.9 Å². The molecule has 1 aliphatic carbocycles. The first kappa shape index (κ1) is 37.6. The molecule has 1 aromatic carbocycles. The maximum atomic E-state index is 15.4. The molecule has 1 saturated carbocycles. The van der Waals surface area contributed by atoms with Gasteiger partial charge in [-0.3, -0.25) is 19.3 Å². The summed E-state index contributed by atoms with van der Waals surface area (Å²) < 4.78 is 29.4. The van der Waals surface area contributed by atoms with Crippen molar-refractivity contribution in [1.82, 2.24) is 24.5 Å². The summed E-state index contributed by atoms with van der Waals surface area (Å²) in [7, 11) is 2.02. The van der Waals surface area contributed by atoms with Gasteiger partial charge in [0.1, 0.15) is 17.7 Å². The zero-order chi connectivity index (χ0) is 36.1. The Hall–Kier alpha value is -2.63. The molecule has 0 aromatic heterocycles. The van der Waals surface area contributed by atoms with Crippen molar-refractivity contribution in [3.05, 3.63) is 35.4 Å². The van der Waals surface area contributed by atoms with E-state index >= 15 is 4.39 Å². The lowest BCUT2D eigenvalue weighted by atomic mass is 9.74. The number of amides is 3. The number of halogens is 2. The summed E-state index contributed by atoms with van der Waals surface area (Å²) in [4.78, 5) is 53.5. The predicted octanol–water partition coefficient (Wildman–Crippen LogP) is 4.34. The van der Waals surface area contributed by atoms with E-state index in [1.165, 1.54) is 12.1 Å². The topological polar surface area (TPSA) is 87.6 Å². The highest BCUT2D eigenvalue weighted by Gasteiger charge is 2.52. The van der Waals surface area contributed by atoms with Crippen LogP contribution in [0.25, 0.3) is 0 Å². The molecule has 4 atom stereocenters. The first-order valence-electron chi connectivity index (χ1n) is 18.2. The molecule has 5 rings (SSSR count). The van der Waals surface area contributed by atoms with Crippen LogP contribution < -0.4 is 0 Å². The number of likely N-dealkylation sites (N-methyl/N-ethyl adjacent to an activating group) is 1. The Morgan fingerprint density at radius 2 is 1.55 bits per heavy atom. The molecule has 0 unspecified atom stereocenters. The molecule has 49 heavy (non-hydrogen) atoms. The van der Waals surface area contributed by atoms with E-state index in [4.69, 9.17) is 0 Å². The fraction of sp³-hybridized carbons (Fsp3) is 0.763. The monoisotopic (exact) mass is 687 g/mol. The van der Waals surface area contributed by atoms with Gasteiger partial charge in [0.15, 0.2) is 0 Å². The van der Waals surface area contributed by atoms with Crippen LogP contribution in [0.4, 0.5) is 8.78 Å². The lowest BCUT2D eigenvalue weighted by Gasteiger charge is -2.45. The van der Waals surface area contributed by atoms with Crippen LogP contribution in [0.2, 0.25) is 0 Å². The third kappa shape index (κ3) is 7.99. The summed E-state index contributed by atoms with van der Waals surface area (Å²) >= 11 is 0. The standard InChI is InChI=1S/C38H59F2N5O4/c1-36(2,3)43-22-29(28-10-9-25(39)19-31(28)40)30(23-43)33(47)44-21-27(20-32(44)34(48)42-17-15-41(8)16-18-42)45(35(49)38(6,7)24-46)26-11-13-37(4,5)14-12-26/h9-10,19,26-27,29-30,32,46H,11-18,20-24H2,1-8H3/t27-,29-,30+,32-/m0/s1. The lowest BCUT2D eigenvalue weighted by molar-refractivity contribution is -0.149. The van der Waals surface area contributed by atoms with Crippen molar-refractivity contribution in [3.63, 3.8) is 0 Å². The molecule has 3 saturated heterocycles. The van der Waals surface area contributed by atoms with Gasteiger partial charge in [0.25, 0.3) is 0 Å². The number of carbonyl (C=O) groups is 3. The zero-order valence-electron chi connectivity index (χ0n) is 31.0. The van der Waals surface area contributed by atoms with Gasteiger partial charge >= 0.3 is 0 Å². The van der Waals surface area contributed by atoms with Gasteiger partial charge in [0, 0.05) is 69.4 Å². The van der Waals surface area contributed by atoms with E-state index in [0.29, 0.717) is 38.2 Å². The molecule has 1 N–H and O–H groups in total. The van der Waals surface area contributed by atoms with Gasteiger partial charge in [-0.2, -0.15) is 0 Å². The molecule has 0 bridgehead atoms. The average molecular weight is 688 g/mol. The van der Waals surface area contributed by atoms with Crippen molar-refractivity contribution in [3.8, 4) is 0 Å². The maximum Gasteiger partial charge on any atom is 0.245 e. The van der Waals surface area contributed by atoms with Crippen LogP contribution in [0, 0.1) is 28.4 Å². The lowest BCUT2D eigenvalue weighted by Crippen LogP contribution is -2.55. The number of benzene rings is 1. The number of hydrogen-bond acceptors (Lipinski definition) is 6. The van der Waals surface area contributed by atoms with E-state index in [2.05, 4.69) is 44.4 Å². The minimum Gasteiger partial charge on any atom is -0.395 e. The third-order valence-corrected chi connectivity index (χ3v) is 11.9. The Kier molecular flexibility index (Phi) is 10.9. The highest BCUT2D eigenvalue weighted by molar-refractivity contribution is 5.91. The molecule has 3 amide bonds. The van der Waals surface area contributed by atoms with Crippen LogP contribution >= 0.6 is 0 Å². The molecule has 3 heterocycles. The molecule has 4 aliphatic rings. The number of carbonyl (C=O) groups excluding carboxylic acids is 3. The smallest absolute Gasteiger partial charge is 0.245 e. The number of piperazine rings is 1. The Bertz CT molecular complexity index is 1380. The Morgan fingerprint density at radius 1 is 0.918 bits per heavy atom. The fourth-order valence-electron chi connectivity index (χ4n) is 8.37. The van der Waals surface area contributed by atoms with Gasteiger partial charge < -0.3 is 24.7 Å². The van der Waals surface area contributed by atoms with Crippen molar-refractivity contribution < 1.29 is 28.3 Å². The van der Waals surface area contributed by atoms with Gasteiger partial charge in [-0.1, -0.05) is 19.9 Å². The van der Waals surface area contributed by atoms with Crippen molar-refractivity contribution >= 4 is 17.7 Å². The normalized spacial score (nSPS) is 27.5. The van der Waals surface area contributed by atoms with Crippen LogP contribution in [0.15, 0.2) is 18.2 Å². The molecular weight excluding hydrogens is 628 g/mol. The second-order valence-electron chi connectivity index (χ2n) is 17.6. The van der Waals surface area contributed by atoms with Gasteiger partial charge in [0.05, 0.1) is 24.0 Å². The summed E-state index contributed by atoms with van der Waals surface area (Å²) in [5.74, 6) is -3.03. The Labute approximate surface area is 291 Å². The van der Waals surface area contributed by atoms with Crippen LogP contribution in [-0.4, -0.2) is 130 Å². The summed E-state index contributed by atoms with van der Waals surface area (Å²) in [6, 6.07) is 2.33. The van der Waals surface area contributed by atoms with Crippen molar-refractivity contribution in [2.45, 2.75) is 110 Å². The molecule has 1 aromatic rings. The molecule has 0 radical (unpaired) electrons. The molecular formula is C38H59F2N5O4. The quantitative estimate of drug-likeness (QED) is 0.460. The molecule has 4 fully saturated rings. The van der Waals surface area contributed by atoms with E-state index in [0.717, 1.165) is 44.8 Å². The number of aliphatic hydroxyl groups is 1. The summed E-state index contributed by atoms with van der Waals surface area (Å²) in [6.07, 6.45) is 3.86. The maximum absolute atomic E-state index is 15.4. The molecule has 9 nitrogen and oxygen atoms in total. The minimum atomic E-state index is -1.02. The first-order valence-corrected chi connectivity index (χ1v) is 18.2. The summed E-state index contributed by atoms with van der Waals surface area (Å²) in [5.41, 5.74) is -0.859. The SMILES string of the molecule is CN1CCN(C(=O)[C@@H]2C[C@H](N(C(=O)C(C)(C)CO)C3CCC(C)(C)CC3)CN2C(=O)[C@@H]2CN(C(C)(C)C)C[C@H]2c2ccc(F)cc2F)CC1. The van der Waals surface area contributed by atoms with Crippen molar-refractivity contribution in [2.75, 3.05) is 59.5 Å². The number of nitrogens with zero attached hydrogens (tertiary/aromatic N) is 5.